The second-order valence-electron chi connectivity index (χ2n) is 5.57. The molecule has 0 radical (unpaired) electrons. The number of rotatable bonds is 8. The topological polar surface area (TPSA) is 58.6 Å². The molecule has 0 aliphatic rings. The van der Waals surface area contributed by atoms with Gasteiger partial charge >= 0.3 is 0 Å². The van der Waals surface area contributed by atoms with Crippen molar-refractivity contribution in [3.8, 4) is 5.75 Å². The van der Waals surface area contributed by atoms with Gasteiger partial charge in [0.15, 0.2) is 11.6 Å². The monoisotopic (exact) mass is 331 g/mol. The summed E-state index contributed by atoms with van der Waals surface area (Å²) in [5.41, 5.74) is 1.66. The SMILES string of the molecule is COc1ccc(CC(=O)NCC(CCO)c2ccccc2)cc1F. The summed E-state index contributed by atoms with van der Waals surface area (Å²) in [5, 5.41) is 12.1. The zero-order valence-corrected chi connectivity index (χ0v) is 13.7. The van der Waals surface area contributed by atoms with E-state index in [1.807, 2.05) is 30.3 Å². The zero-order chi connectivity index (χ0) is 17.4. The molecule has 128 valence electrons. The Bertz CT molecular complexity index is 661. The molecular formula is C19H22FNO3. The van der Waals surface area contributed by atoms with Crippen LogP contribution < -0.4 is 10.1 Å². The maximum Gasteiger partial charge on any atom is 0.224 e. The Morgan fingerprint density at radius 2 is 2.00 bits per heavy atom. The number of hydrogen-bond donors (Lipinski definition) is 2. The maximum atomic E-state index is 13.7. The molecule has 1 atom stereocenters. The van der Waals surface area contributed by atoms with Crippen molar-refractivity contribution in [1.82, 2.24) is 5.32 Å². The fourth-order valence-corrected chi connectivity index (χ4v) is 2.57. The van der Waals surface area contributed by atoms with Gasteiger partial charge in [0.25, 0.3) is 0 Å². The normalized spacial score (nSPS) is 11.8. The summed E-state index contributed by atoms with van der Waals surface area (Å²) in [5.74, 6) is -0.456. The number of aliphatic hydroxyl groups excluding tert-OH is 1. The molecule has 0 bridgehead atoms. The molecule has 0 fully saturated rings. The van der Waals surface area contributed by atoms with Crippen molar-refractivity contribution in [2.24, 2.45) is 0 Å². The summed E-state index contributed by atoms with van der Waals surface area (Å²) >= 11 is 0. The first-order chi connectivity index (χ1) is 11.6. The van der Waals surface area contributed by atoms with Crippen molar-refractivity contribution in [3.05, 3.63) is 65.5 Å². The van der Waals surface area contributed by atoms with Gasteiger partial charge in [0.1, 0.15) is 0 Å². The van der Waals surface area contributed by atoms with Crippen molar-refractivity contribution in [2.75, 3.05) is 20.3 Å². The molecule has 24 heavy (non-hydrogen) atoms. The lowest BCUT2D eigenvalue weighted by Crippen LogP contribution is -2.30. The van der Waals surface area contributed by atoms with Gasteiger partial charge in [-0.1, -0.05) is 36.4 Å². The van der Waals surface area contributed by atoms with Crippen LogP contribution in [0.3, 0.4) is 0 Å². The molecule has 0 aromatic heterocycles. The number of carbonyl (C=O) groups excluding carboxylic acids is 1. The highest BCUT2D eigenvalue weighted by atomic mass is 19.1. The predicted octanol–water partition coefficient (Wildman–Crippen LogP) is 2.66. The van der Waals surface area contributed by atoms with Crippen molar-refractivity contribution in [3.63, 3.8) is 0 Å². The second kappa shape index (κ2) is 9.03. The van der Waals surface area contributed by atoms with E-state index in [1.165, 1.54) is 19.2 Å². The second-order valence-corrected chi connectivity index (χ2v) is 5.57. The molecule has 1 amide bonds. The van der Waals surface area contributed by atoms with Crippen LogP contribution in [-0.4, -0.2) is 31.3 Å². The number of carbonyl (C=O) groups is 1. The number of amides is 1. The summed E-state index contributed by atoms with van der Waals surface area (Å²) in [6.07, 6.45) is 0.670. The Morgan fingerprint density at radius 1 is 1.25 bits per heavy atom. The average Bonchev–Trinajstić information content (AvgIpc) is 2.59. The quantitative estimate of drug-likeness (QED) is 0.782. The van der Waals surface area contributed by atoms with E-state index >= 15 is 0 Å². The summed E-state index contributed by atoms with van der Waals surface area (Å²) in [6, 6.07) is 14.2. The van der Waals surface area contributed by atoms with Crippen molar-refractivity contribution in [2.45, 2.75) is 18.8 Å². The van der Waals surface area contributed by atoms with E-state index < -0.39 is 5.82 Å². The lowest BCUT2D eigenvalue weighted by molar-refractivity contribution is -0.120. The van der Waals surface area contributed by atoms with E-state index in [9.17, 15) is 14.3 Å². The van der Waals surface area contributed by atoms with Crippen LogP contribution in [0.1, 0.15) is 23.5 Å². The summed E-state index contributed by atoms with van der Waals surface area (Å²) in [7, 11) is 1.40. The van der Waals surface area contributed by atoms with Crippen LogP contribution in [0.25, 0.3) is 0 Å². The molecular weight excluding hydrogens is 309 g/mol. The number of aliphatic hydroxyl groups is 1. The molecule has 4 nitrogen and oxygen atoms in total. The van der Waals surface area contributed by atoms with Gasteiger partial charge in [-0.15, -0.1) is 0 Å². The van der Waals surface area contributed by atoms with E-state index in [0.717, 1.165) is 5.56 Å². The maximum absolute atomic E-state index is 13.7. The lowest BCUT2D eigenvalue weighted by Gasteiger charge is -2.17. The number of methoxy groups -OCH3 is 1. The fourth-order valence-electron chi connectivity index (χ4n) is 2.57. The highest BCUT2D eigenvalue weighted by Gasteiger charge is 2.13. The van der Waals surface area contributed by atoms with Crippen LogP contribution in [0.4, 0.5) is 4.39 Å². The predicted molar refractivity (Wildman–Crippen MR) is 90.6 cm³/mol. The number of hydrogen-bond acceptors (Lipinski definition) is 3. The third-order valence-corrected chi connectivity index (χ3v) is 3.88. The minimum absolute atomic E-state index is 0.0488. The highest BCUT2D eigenvalue weighted by molar-refractivity contribution is 5.78. The first-order valence-electron chi connectivity index (χ1n) is 7.89. The van der Waals surface area contributed by atoms with Gasteiger partial charge in [-0.05, 0) is 29.7 Å². The molecule has 2 rings (SSSR count). The Hall–Kier alpha value is -2.40. The summed E-state index contributed by atoms with van der Waals surface area (Å²) in [6.45, 7) is 0.487. The van der Waals surface area contributed by atoms with Gasteiger partial charge in [0.2, 0.25) is 5.91 Å². The van der Waals surface area contributed by atoms with Crippen LogP contribution in [0.2, 0.25) is 0 Å². The van der Waals surface area contributed by atoms with Crippen LogP contribution in [-0.2, 0) is 11.2 Å². The lowest BCUT2D eigenvalue weighted by atomic mass is 9.96. The molecule has 0 aliphatic heterocycles. The highest BCUT2D eigenvalue weighted by Crippen LogP contribution is 2.19. The summed E-state index contributed by atoms with van der Waals surface area (Å²) < 4.78 is 18.5. The van der Waals surface area contributed by atoms with Gasteiger partial charge in [-0.3, -0.25) is 4.79 Å². The van der Waals surface area contributed by atoms with E-state index in [-0.39, 0.29) is 30.6 Å². The third-order valence-electron chi connectivity index (χ3n) is 3.88. The van der Waals surface area contributed by atoms with Gasteiger partial charge < -0.3 is 15.2 Å². The molecule has 5 heteroatoms. The molecule has 0 aliphatic carbocycles. The van der Waals surface area contributed by atoms with Crippen LogP contribution in [0.15, 0.2) is 48.5 Å². The third kappa shape index (κ3) is 5.06. The van der Waals surface area contributed by atoms with Crippen molar-refractivity contribution >= 4 is 5.91 Å². The molecule has 0 spiro atoms. The number of halogens is 1. The minimum atomic E-state index is -0.481. The molecule has 2 N–H and O–H groups in total. The minimum Gasteiger partial charge on any atom is -0.494 e. The smallest absolute Gasteiger partial charge is 0.224 e. The average molecular weight is 331 g/mol. The Labute approximate surface area is 141 Å². The largest absolute Gasteiger partial charge is 0.494 e. The molecule has 0 heterocycles. The number of nitrogens with one attached hydrogen (secondary N) is 1. The van der Waals surface area contributed by atoms with E-state index in [1.54, 1.807) is 6.07 Å². The molecule has 2 aromatic carbocycles. The van der Waals surface area contributed by atoms with Gasteiger partial charge in [-0.25, -0.2) is 4.39 Å². The molecule has 1 unspecified atom stereocenters. The first kappa shape index (κ1) is 17.9. The Balaban J connectivity index is 1.92. The van der Waals surface area contributed by atoms with Gasteiger partial charge in [0.05, 0.1) is 13.5 Å². The molecule has 0 saturated heterocycles. The fraction of sp³-hybridized carbons (Fsp3) is 0.316. The Morgan fingerprint density at radius 3 is 2.62 bits per heavy atom. The zero-order valence-electron chi connectivity index (χ0n) is 13.7. The number of benzene rings is 2. The standard InChI is InChI=1S/C19H22FNO3/c1-24-18-8-7-14(11-17(18)20)12-19(23)21-13-16(9-10-22)15-5-3-2-4-6-15/h2-8,11,16,22H,9-10,12-13H2,1H3,(H,21,23). The van der Waals surface area contributed by atoms with Crippen molar-refractivity contribution < 1.29 is 19.0 Å². The van der Waals surface area contributed by atoms with E-state index in [4.69, 9.17) is 4.74 Å². The van der Waals surface area contributed by atoms with Crippen LogP contribution in [0.5, 0.6) is 5.75 Å². The van der Waals surface area contributed by atoms with Crippen LogP contribution >= 0.6 is 0 Å². The first-order valence-corrected chi connectivity index (χ1v) is 7.89. The van der Waals surface area contributed by atoms with Crippen molar-refractivity contribution in [1.29, 1.82) is 0 Å². The van der Waals surface area contributed by atoms with Gasteiger partial charge in [-0.2, -0.15) is 0 Å². The number of ether oxygens (including phenoxy) is 1. The molecule has 2 aromatic rings. The van der Waals surface area contributed by atoms with Gasteiger partial charge in [0, 0.05) is 19.1 Å². The van der Waals surface area contributed by atoms with E-state index in [0.29, 0.717) is 18.5 Å². The van der Waals surface area contributed by atoms with E-state index in [2.05, 4.69) is 5.32 Å². The van der Waals surface area contributed by atoms with Crippen LogP contribution in [0, 0.1) is 5.82 Å². The summed E-state index contributed by atoms with van der Waals surface area (Å²) in [4.78, 5) is 12.1. The Kier molecular flexibility index (Phi) is 6.75. The molecule has 0 saturated carbocycles.